The van der Waals surface area contributed by atoms with Crippen LogP contribution in [0, 0.1) is 29.4 Å². The normalized spacial score (nSPS) is 9.79. The summed E-state index contributed by atoms with van der Waals surface area (Å²) in [6.45, 7) is 4.08. The molecule has 14 heavy (non-hydrogen) atoms. The second kappa shape index (κ2) is 4.76. The molecule has 1 aromatic rings. The first kappa shape index (κ1) is 10.7. The standard InChI is InChI=1S/C12H12F2/c1-9(2)4-3-5-10-6-11(13)8-12(14)7-10/h6-9H,4H2,1-2H3. The zero-order valence-electron chi connectivity index (χ0n) is 8.27. The summed E-state index contributed by atoms with van der Waals surface area (Å²) in [6.07, 6.45) is 0.734. The van der Waals surface area contributed by atoms with Crippen molar-refractivity contribution in [1.82, 2.24) is 0 Å². The van der Waals surface area contributed by atoms with Gasteiger partial charge < -0.3 is 0 Å². The van der Waals surface area contributed by atoms with Crippen LogP contribution < -0.4 is 0 Å². The highest BCUT2D eigenvalue weighted by atomic mass is 19.1. The smallest absolute Gasteiger partial charge is 0.127 e. The fraction of sp³-hybridized carbons (Fsp3) is 0.333. The van der Waals surface area contributed by atoms with E-state index < -0.39 is 11.6 Å². The van der Waals surface area contributed by atoms with E-state index in [-0.39, 0.29) is 0 Å². The van der Waals surface area contributed by atoms with Gasteiger partial charge in [0.25, 0.3) is 0 Å². The Bertz CT molecular complexity index is 349. The van der Waals surface area contributed by atoms with Crippen LogP contribution in [0.3, 0.4) is 0 Å². The molecule has 0 nitrogen and oxygen atoms in total. The van der Waals surface area contributed by atoms with Gasteiger partial charge in [0, 0.05) is 18.1 Å². The average Bonchev–Trinajstić information content (AvgIpc) is 2.01. The highest BCUT2D eigenvalue weighted by molar-refractivity contribution is 5.34. The van der Waals surface area contributed by atoms with E-state index in [1.807, 2.05) is 13.8 Å². The molecule has 2 heteroatoms. The molecule has 74 valence electrons. The van der Waals surface area contributed by atoms with Gasteiger partial charge in [-0.15, -0.1) is 0 Å². The second-order valence-corrected chi connectivity index (χ2v) is 3.56. The van der Waals surface area contributed by atoms with E-state index in [1.165, 1.54) is 12.1 Å². The lowest BCUT2D eigenvalue weighted by molar-refractivity contribution is 0.582. The van der Waals surface area contributed by atoms with E-state index >= 15 is 0 Å². The quantitative estimate of drug-likeness (QED) is 0.601. The molecule has 0 aromatic heterocycles. The highest BCUT2D eigenvalue weighted by Gasteiger charge is 1.97. The van der Waals surface area contributed by atoms with Gasteiger partial charge in [0.05, 0.1) is 0 Å². The molecule has 0 bridgehead atoms. The van der Waals surface area contributed by atoms with Crippen molar-refractivity contribution in [2.75, 3.05) is 0 Å². The first-order valence-electron chi connectivity index (χ1n) is 4.53. The van der Waals surface area contributed by atoms with Crippen LogP contribution in [-0.4, -0.2) is 0 Å². The summed E-state index contributed by atoms with van der Waals surface area (Å²) < 4.78 is 25.4. The summed E-state index contributed by atoms with van der Waals surface area (Å²) in [7, 11) is 0. The second-order valence-electron chi connectivity index (χ2n) is 3.56. The van der Waals surface area contributed by atoms with E-state index in [1.54, 1.807) is 0 Å². The Kier molecular flexibility index (Phi) is 3.64. The summed E-state index contributed by atoms with van der Waals surface area (Å²) in [5.74, 6) is 4.90. The summed E-state index contributed by atoms with van der Waals surface area (Å²) in [6, 6.07) is 3.31. The van der Waals surface area contributed by atoms with E-state index in [0.29, 0.717) is 11.5 Å². The van der Waals surface area contributed by atoms with Crippen LogP contribution in [0.5, 0.6) is 0 Å². The number of hydrogen-bond donors (Lipinski definition) is 0. The van der Waals surface area contributed by atoms with Gasteiger partial charge in [-0.05, 0) is 18.1 Å². The maximum absolute atomic E-state index is 12.7. The number of halogens is 2. The molecule has 0 atom stereocenters. The summed E-state index contributed by atoms with van der Waals surface area (Å²) in [5, 5.41) is 0. The topological polar surface area (TPSA) is 0 Å². The van der Waals surface area contributed by atoms with Gasteiger partial charge in [-0.1, -0.05) is 25.7 Å². The van der Waals surface area contributed by atoms with Gasteiger partial charge >= 0.3 is 0 Å². The first-order chi connectivity index (χ1) is 6.58. The maximum Gasteiger partial charge on any atom is 0.127 e. The van der Waals surface area contributed by atoms with Crippen molar-refractivity contribution in [3.8, 4) is 11.8 Å². The van der Waals surface area contributed by atoms with Gasteiger partial charge in [-0.3, -0.25) is 0 Å². The third-order valence-corrected chi connectivity index (χ3v) is 1.61. The minimum atomic E-state index is -0.584. The van der Waals surface area contributed by atoms with Gasteiger partial charge in [0.2, 0.25) is 0 Å². The monoisotopic (exact) mass is 194 g/mol. The minimum Gasteiger partial charge on any atom is -0.207 e. The predicted molar refractivity (Wildman–Crippen MR) is 52.7 cm³/mol. The minimum absolute atomic E-state index is 0.392. The average molecular weight is 194 g/mol. The lowest BCUT2D eigenvalue weighted by Gasteiger charge is -1.94. The van der Waals surface area contributed by atoms with Crippen molar-refractivity contribution < 1.29 is 8.78 Å². The zero-order chi connectivity index (χ0) is 10.6. The Morgan fingerprint density at radius 1 is 1.14 bits per heavy atom. The number of hydrogen-bond acceptors (Lipinski definition) is 0. The Morgan fingerprint density at radius 3 is 2.21 bits per heavy atom. The van der Waals surface area contributed by atoms with Crippen LogP contribution in [0.4, 0.5) is 8.78 Å². The molecule has 0 unspecified atom stereocenters. The van der Waals surface area contributed by atoms with Crippen molar-refractivity contribution >= 4 is 0 Å². The summed E-state index contributed by atoms with van der Waals surface area (Å²) in [5.41, 5.74) is 0.392. The summed E-state index contributed by atoms with van der Waals surface area (Å²) in [4.78, 5) is 0. The fourth-order valence-corrected chi connectivity index (χ4v) is 0.983. The molecule has 0 aliphatic carbocycles. The van der Waals surface area contributed by atoms with Crippen molar-refractivity contribution in [3.63, 3.8) is 0 Å². The van der Waals surface area contributed by atoms with Crippen molar-refractivity contribution in [3.05, 3.63) is 35.4 Å². The lowest BCUT2D eigenvalue weighted by atomic mass is 10.1. The Hall–Kier alpha value is -1.36. The molecular formula is C12H12F2. The van der Waals surface area contributed by atoms with Crippen LogP contribution in [0.25, 0.3) is 0 Å². The highest BCUT2D eigenvalue weighted by Crippen LogP contribution is 2.06. The largest absolute Gasteiger partial charge is 0.207 e. The molecular weight excluding hydrogens is 182 g/mol. The Balaban J connectivity index is 2.79. The molecule has 0 radical (unpaired) electrons. The Morgan fingerprint density at radius 2 is 1.71 bits per heavy atom. The Labute approximate surface area is 83.0 Å². The molecule has 0 aliphatic rings. The molecule has 0 N–H and O–H groups in total. The van der Waals surface area contributed by atoms with Crippen molar-refractivity contribution in [1.29, 1.82) is 0 Å². The van der Waals surface area contributed by atoms with E-state index in [2.05, 4.69) is 11.8 Å². The number of rotatable bonds is 1. The first-order valence-corrected chi connectivity index (χ1v) is 4.53. The van der Waals surface area contributed by atoms with Gasteiger partial charge in [-0.25, -0.2) is 8.78 Å². The molecule has 1 rings (SSSR count). The summed E-state index contributed by atoms with van der Waals surface area (Å²) >= 11 is 0. The molecule has 0 amide bonds. The van der Waals surface area contributed by atoms with Crippen molar-refractivity contribution in [2.45, 2.75) is 20.3 Å². The molecule has 0 fully saturated rings. The van der Waals surface area contributed by atoms with E-state index in [0.717, 1.165) is 12.5 Å². The van der Waals surface area contributed by atoms with Gasteiger partial charge in [0.15, 0.2) is 0 Å². The SMILES string of the molecule is CC(C)CC#Cc1cc(F)cc(F)c1. The van der Waals surface area contributed by atoms with Crippen LogP contribution >= 0.6 is 0 Å². The molecule has 1 aromatic carbocycles. The number of benzene rings is 1. The van der Waals surface area contributed by atoms with Crippen LogP contribution in [0.1, 0.15) is 25.8 Å². The molecule has 0 heterocycles. The zero-order valence-corrected chi connectivity index (χ0v) is 8.27. The van der Waals surface area contributed by atoms with Crippen molar-refractivity contribution in [2.24, 2.45) is 5.92 Å². The third-order valence-electron chi connectivity index (χ3n) is 1.61. The van der Waals surface area contributed by atoms with E-state index in [4.69, 9.17) is 0 Å². The predicted octanol–water partition coefficient (Wildman–Crippen LogP) is 3.36. The molecule has 0 saturated carbocycles. The van der Waals surface area contributed by atoms with Crippen LogP contribution in [0.2, 0.25) is 0 Å². The van der Waals surface area contributed by atoms with Crippen LogP contribution in [0.15, 0.2) is 18.2 Å². The molecule has 0 aliphatic heterocycles. The third kappa shape index (κ3) is 3.57. The molecule has 0 saturated heterocycles. The van der Waals surface area contributed by atoms with Gasteiger partial charge in [0.1, 0.15) is 11.6 Å². The fourth-order valence-electron chi connectivity index (χ4n) is 0.983. The molecule has 0 spiro atoms. The lowest BCUT2D eigenvalue weighted by Crippen LogP contribution is -1.84. The van der Waals surface area contributed by atoms with Crippen LogP contribution in [-0.2, 0) is 0 Å². The van der Waals surface area contributed by atoms with E-state index in [9.17, 15) is 8.78 Å². The van der Waals surface area contributed by atoms with Gasteiger partial charge in [-0.2, -0.15) is 0 Å². The maximum atomic E-state index is 12.7.